The molecule has 82 valence electrons. The molecule has 1 heterocycles. The minimum absolute atomic E-state index is 0.0213. The van der Waals surface area contributed by atoms with E-state index in [-0.39, 0.29) is 5.69 Å². The number of non-ortho nitro benzene ring substituents is 1. The molecule has 8 heteroatoms. The lowest BCUT2D eigenvalue weighted by Gasteiger charge is -1.99. The van der Waals surface area contributed by atoms with Crippen molar-refractivity contribution in [2.75, 3.05) is 5.73 Å². The van der Waals surface area contributed by atoms with Gasteiger partial charge in [0, 0.05) is 22.7 Å². The summed E-state index contributed by atoms with van der Waals surface area (Å²) in [5.74, 6) is 0. The summed E-state index contributed by atoms with van der Waals surface area (Å²) >= 11 is 2.53. The van der Waals surface area contributed by atoms with Crippen LogP contribution in [0, 0.1) is 10.1 Å². The molecular formula is C8H6N4O2S2. The highest BCUT2D eigenvalue weighted by Crippen LogP contribution is 2.32. The third-order valence-electron chi connectivity index (χ3n) is 1.67. The van der Waals surface area contributed by atoms with Crippen molar-refractivity contribution >= 4 is 34.7 Å². The maximum absolute atomic E-state index is 10.6. The number of nitrogen functional groups attached to an aromatic ring is 1. The summed E-state index contributed by atoms with van der Waals surface area (Å²) in [4.78, 5) is 14.8. The van der Waals surface area contributed by atoms with Crippen molar-refractivity contribution in [3.8, 4) is 0 Å². The van der Waals surface area contributed by atoms with Gasteiger partial charge in [-0.3, -0.25) is 10.1 Å². The van der Waals surface area contributed by atoms with Crippen molar-refractivity contribution in [1.29, 1.82) is 0 Å². The van der Waals surface area contributed by atoms with Gasteiger partial charge in [-0.2, -0.15) is 4.37 Å². The van der Waals surface area contributed by atoms with Crippen LogP contribution < -0.4 is 5.73 Å². The molecule has 0 spiro atoms. The molecule has 16 heavy (non-hydrogen) atoms. The van der Waals surface area contributed by atoms with Crippen LogP contribution in [0.15, 0.2) is 33.8 Å². The Bertz CT molecular complexity index is 515. The smallest absolute Gasteiger partial charge is 0.272 e. The number of hydrogen-bond donors (Lipinski definition) is 1. The van der Waals surface area contributed by atoms with Crippen molar-refractivity contribution in [3.63, 3.8) is 0 Å². The quantitative estimate of drug-likeness (QED) is 0.512. The van der Waals surface area contributed by atoms with E-state index in [1.807, 2.05) is 0 Å². The second kappa shape index (κ2) is 4.45. The summed E-state index contributed by atoms with van der Waals surface area (Å²) in [6, 6.07) is 4.45. The summed E-state index contributed by atoms with van der Waals surface area (Å²) in [5.41, 5.74) is 5.92. The monoisotopic (exact) mass is 254 g/mol. The topological polar surface area (TPSA) is 94.9 Å². The molecule has 0 radical (unpaired) electrons. The van der Waals surface area contributed by atoms with Crippen molar-refractivity contribution in [3.05, 3.63) is 34.6 Å². The van der Waals surface area contributed by atoms with Crippen LogP contribution in [0.1, 0.15) is 0 Å². The minimum atomic E-state index is -0.472. The lowest BCUT2D eigenvalue weighted by molar-refractivity contribution is -0.385. The second-order valence-electron chi connectivity index (χ2n) is 2.83. The predicted octanol–water partition coefficient (Wildman–Crippen LogP) is 2.18. The molecule has 0 aliphatic carbocycles. The largest absolute Gasteiger partial charge is 0.398 e. The fraction of sp³-hybridized carbons (Fsp3) is 0. The fourth-order valence-electron chi connectivity index (χ4n) is 1.08. The molecule has 0 saturated carbocycles. The van der Waals surface area contributed by atoms with Crippen LogP contribution in [0.25, 0.3) is 0 Å². The molecule has 1 aromatic carbocycles. The Morgan fingerprint density at radius 2 is 2.25 bits per heavy atom. The number of benzene rings is 1. The first-order valence-electron chi connectivity index (χ1n) is 4.14. The Balaban J connectivity index is 2.31. The molecule has 0 fully saturated rings. The summed E-state index contributed by atoms with van der Waals surface area (Å²) < 4.78 is 4.57. The highest BCUT2D eigenvalue weighted by molar-refractivity contribution is 8.01. The number of nitro benzene ring substituents is 1. The van der Waals surface area contributed by atoms with E-state index in [9.17, 15) is 10.1 Å². The van der Waals surface area contributed by atoms with Gasteiger partial charge < -0.3 is 5.73 Å². The fourth-order valence-corrected chi connectivity index (χ4v) is 2.60. The summed E-state index contributed by atoms with van der Waals surface area (Å²) in [5, 5.41) is 10.6. The number of aromatic nitrogens is 2. The van der Waals surface area contributed by atoms with E-state index in [0.29, 0.717) is 10.6 Å². The summed E-state index contributed by atoms with van der Waals surface area (Å²) in [6.45, 7) is 0. The van der Waals surface area contributed by atoms with Crippen molar-refractivity contribution < 1.29 is 4.92 Å². The van der Waals surface area contributed by atoms with Gasteiger partial charge >= 0.3 is 0 Å². The number of hydrogen-bond acceptors (Lipinski definition) is 7. The van der Waals surface area contributed by atoms with E-state index < -0.39 is 4.92 Å². The normalized spacial score (nSPS) is 10.2. The molecule has 0 bridgehead atoms. The first-order valence-corrected chi connectivity index (χ1v) is 5.73. The molecule has 6 nitrogen and oxygen atoms in total. The van der Waals surface area contributed by atoms with Crippen LogP contribution in [0.5, 0.6) is 0 Å². The average Bonchev–Trinajstić information content (AvgIpc) is 2.69. The Kier molecular flexibility index (Phi) is 3.02. The lowest BCUT2D eigenvalue weighted by atomic mass is 10.3. The van der Waals surface area contributed by atoms with Gasteiger partial charge in [0.1, 0.15) is 6.33 Å². The molecule has 0 amide bonds. The second-order valence-corrected chi connectivity index (χ2v) is 4.93. The number of nitro groups is 1. The van der Waals surface area contributed by atoms with Gasteiger partial charge in [-0.15, -0.1) is 0 Å². The van der Waals surface area contributed by atoms with Gasteiger partial charge in [0.2, 0.25) is 0 Å². The van der Waals surface area contributed by atoms with E-state index in [0.717, 1.165) is 4.34 Å². The maximum Gasteiger partial charge on any atom is 0.272 e. The van der Waals surface area contributed by atoms with Crippen LogP contribution >= 0.6 is 23.3 Å². The van der Waals surface area contributed by atoms with Crippen LogP contribution in [0.2, 0.25) is 0 Å². The first kappa shape index (κ1) is 10.8. The Labute approximate surface area is 98.8 Å². The number of nitrogens with two attached hydrogens (primary N) is 1. The number of anilines is 1. The first-order chi connectivity index (χ1) is 7.65. The average molecular weight is 254 g/mol. The molecule has 0 unspecified atom stereocenters. The highest BCUT2D eigenvalue weighted by atomic mass is 32.2. The van der Waals surface area contributed by atoms with E-state index >= 15 is 0 Å². The van der Waals surface area contributed by atoms with Crippen LogP contribution in [-0.2, 0) is 0 Å². The van der Waals surface area contributed by atoms with E-state index in [4.69, 9.17) is 5.73 Å². The molecule has 2 rings (SSSR count). The van der Waals surface area contributed by atoms with Gasteiger partial charge in [0.15, 0.2) is 4.34 Å². The van der Waals surface area contributed by atoms with Gasteiger partial charge in [0.25, 0.3) is 5.69 Å². The summed E-state index contributed by atoms with van der Waals surface area (Å²) in [6.07, 6.45) is 1.44. The maximum atomic E-state index is 10.6. The van der Waals surface area contributed by atoms with Crippen molar-refractivity contribution in [2.45, 2.75) is 9.24 Å². The Morgan fingerprint density at radius 1 is 1.44 bits per heavy atom. The molecule has 0 saturated heterocycles. The standard InChI is InChI=1S/C8H6N4O2S2/c9-5-1-6(12(13)14)3-7(2-5)15-8-10-4-11-16-8/h1-4H,9H2. The lowest BCUT2D eigenvalue weighted by Crippen LogP contribution is -1.91. The van der Waals surface area contributed by atoms with E-state index in [1.165, 1.54) is 41.8 Å². The Hall–Kier alpha value is -1.67. The van der Waals surface area contributed by atoms with Crippen LogP contribution in [0.4, 0.5) is 11.4 Å². The minimum Gasteiger partial charge on any atom is -0.398 e. The van der Waals surface area contributed by atoms with Gasteiger partial charge in [-0.05, 0) is 17.6 Å². The SMILES string of the molecule is Nc1cc(Sc2ncns2)cc([N+](=O)[O-])c1. The van der Waals surface area contributed by atoms with Gasteiger partial charge in [-0.1, -0.05) is 11.8 Å². The van der Waals surface area contributed by atoms with Crippen LogP contribution in [-0.4, -0.2) is 14.3 Å². The zero-order valence-electron chi connectivity index (χ0n) is 7.86. The zero-order valence-corrected chi connectivity index (χ0v) is 9.49. The summed E-state index contributed by atoms with van der Waals surface area (Å²) in [7, 11) is 0. The third-order valence-corrected chi connectivity index (χ3v) is 3.36. The van der Waals surface area contributed by atoms with Crippen molar-refractivity contribution in [2.24, 2.45) is 0 Å². The van der Waals surface area contributed by atoms with E-state index in [2.05, 4.69) is 9.36 Å². The van der Waals surface area contributed by atoms with Gasteiger partial charge in [-0.25, -0.2) is 4.98 Å². The number of nitrogens with zero attached hydrogens (tertiary/aromatic N) is 3. The molecular weight excluding hydrogens is 248 g/mol. The van der Waals surface area contributed by atoms with Crippen molar-refractivity contribution in [1.82, 2.24) is 9.36 Å². The highest BCUT2D eigenvalue weighted by Gasteiger charge is 2.10. The predicted molar refractivity (Wildman–Crippen MR) is 61.5 cm³/mol. The van der Waals surface area contributed by atoms with Crippen LogP contribution in [0.3, 0.4) is 0 Å². The Morgan fingerprint density at radius 3 is 2.88 bits per heavy atom. The molecule has 0 atom stereocenters. The van der Waals surface area contributed by atoms with E-state index in [1.54, 1.807) is 6.07 Å². The molecule has 0 aliphatic rings. The zero-order chi connectivity index (χ0) is 11.5. The molecule has 2 aromatic rings. The third kappa shape index (κ3) is 2.47. The van der Waals surface area contributed by atoms with Gasteiger partial charge in [0.05, 0.1) is 4.92 Å². The molecule has 1 aromatic heterocycles. The number of rotatable bonds is 3. The molecule has 0 aliphatic heterocycles. The molecule has 2 N–H and O–H groups in total.